The van der Waals surface area contributed by atoms with Crippen LogP contribution in [0.2, 0.25) is 0 Å². The lowest BCUT2D eigenvalue weighted by atomic mass is 10.0. The summed E-state index contributed by atoms with van der Waals surface area (Å²) in [6.07, 6.45) is 48.6. The molecule has 2 N–H and O–H groups in total. The summed E-state index contributed by atoms with van der Waals surface area (Å²) < 4.78 is 10.5. The van der Waals surface area contributed by atoms with Crippen molar-refractivity contribution in [2.24, 2.45) is 5.92 Å². The van der Waals surface area contributed by atoms with Crippen LogP contribution in [0.5, 0.6) is 0 Å². The number of rotatable bonds is 36. The Morgan fingerprint density at radius 2 is 1.12 bits per heavy atom. The van der Waals surface area contributed by atoms with Gasteiger partial charge in [-0.05, 0) is 50.9 Å². The Labute approximate surface area is 319 Å². The highest BCUT2D eigenvalue weighted by atomic mass is 16.6. The average molecular weight is 727 g/mol. The van der Waals surface area contributed by atoms with E-state index in [4.69, 9.17) is 9.47 Å². The van der Waals surface area contributed by atoms with Crippen LogP contribution in [0.1, 0.15) is 175 Å². The molecular formula is C46H78O6. The lowest BCUT2D eigenvalue weighted by Gasteiger charge is -2.15. The van der Waals surface area contributed by atoms with Crippen LogP contribution in [0.25, 0.3) is 0 Å². The molecule has 0 aliphatic rings. The van der Waals surface area contributed by atoms with Crippen molar-refractivity contribution >= 4 is 11.9 Å². The summed E-state index contributed by atoms with van der Waals surface area (Å²) in [6.45, 7) is 6.25. The predicted molar refractivity (Wildman–Crippen MR) is 220 cm³/mol. The van der Waals surface area contributed by atoms with Crippen molar-refractivity contribution in [1.29, 1.82) is 0 Å². The minimum atomic E-state index is -0.830. The molecule has 0 fully saturated rings. The van der Waals surface area contributed by atoms with Gasteiger partial charge in [0, 0.05) is 12.8 Å². The van der Waals surface area contributed by atoms with Crippen molar-refractivity contribution in [1.82, 2.24) is 0 Å². The van der Waals surface area contributed by atoms with Crippen molar-refractivity contribution in [2.75, 3.05) is 13.2 Å². The summed E-state index contributed by atoms with van der Waals surface area (Å²) >= 11 is 0. The van der Waals surface area contributed by atoms with Gasteiger partial charge in [0.25, 0.3) is 0 Å². The van der Waals surface area contributed by atoms with Gasteiger partial charge in [0.05, 0.1) is 12.7 Å². The van der Waals surface area contributed by atoms with Crippen LogP contribution in [-0.2, 0) is 19.1 Å². The Kier molecular flexibility index (Phi) is 37.5. The van der Waals surface area contributed by atoms with Gasteiger partial charge in [-0.1, -0.05) is 190 Å². The summed E-state index contributed by atoms with van der Waals surface area (Å²) in [5.74, 6) is 0.127. The number of allylic oxidation sites excluding steroid dienone is 10. The maximum atomic E-state index is 12.2. The van der Waals surface area contributed by atoms with Gasteiger partial charge in [-0.3, -0.25) is 9.59 Å². The van der Waals surface area contributed by atoms with Gasteiger partial charge in [0.1, 0.15) is 6.61 Å². The van der Waals surface area contributed by atoms with E-state index in [0.29, 0.717) is 19.3 Å². The fourth-order valence-corrected chi connectivity index (χ4v) is 5.61. The summed E-state index contributed by atoms with van der Waals surface area (Å²) in [6, 6.07) is 0. The first-order valence-electron chi connectivity index (χ1n) is 21.0. The zero-order chi connectivity index (χ0) is 38.2. The van der Waals surface area contributed by atoms with Gasteiger partial charge in [0.2, 0.25) is 0 Å². The van der Waals surface area contributed by atoms with E-state index in [2.05, 4.69) is 51.2 Å². The highest BCUT2D eigenvalue weighted by Crippen LogP contribution is 2.15. The lowest BCUT2D eigenvalue weighted by molar-refractivity contribution is -0.161. The molecular weight excluding hydrogens is 648 g/mol. The third-order valence-corrected chi connectivity index (χ3v) is 8.79. The Morgan fingerprint density at radius 1 is 0.596 bits per heavy atom. The van der Waals surface area contributed by atoms with E-state index in [1.165, 1.54) is 83.5 Å². The molecule has 0 bridgehead atoms. The standard InChI is InChI=1S/C46H78O6/c1-4-5-6-7-26-31-36-43(48)37-32-27-22-18-15-16-20-24-29-34-39-46(50)52-44(40-47)41-51-45(49)38-33-28-23-19-14-12-10-8-9-11-13-17-21-25-30-35-42(2)3/h5-6,15-16,22,24,26-27,29,31-32,37,42-44,47-48H,4,7-14,17-21,23,25,28,30,33-36,38-41H2,1-3H3/b6-5-,16-15-,27-22-,29-24-,31-26-,37-32+/t43?,44-/m0/s1. The van der Waals surface area contributed by atoms with Crippen molar-refractivity contribution in [3.05, 3.63) is 72.9 Å². The zero-order valence-electron chi connectivity index (χ0n) is 33.6. The molecule has 298 valence electrons. The average Bonchev–Trinajstić information content (AvgIpc) is 3.13. The fourth-order valence-electron chi connectivity index (χ4n) is 5.61. The molecule has 2 atom stereocenters. The Hall–Kier alpha value is -2.70. The lowest BCUT2D eigenvalue weighted by Crippen LogP contribution is -2.28. The molecule has 0 saturated heterocycles. The molecule has 1 unspecified atom stereocenters. The van der Waals surface area contributed by atoms with Crippen LogP contribution in [0.15, 0.2) is 72.9 Å². The van der Waals surface area contributed by atoms with Gasteiger partial charge in [-0.25, -0.2) is 0 Å². The number of ether oxygens (including phenoxy) is 2. The van der Waals surface area contributed by atoms with E-state index in [9.17, 15) is 19.8 Å². The molecule has 0 radical (unpaired) electrons. The molecule has 0 heterocycles. The number of hydrogen-bond acceptors (Lipinski definition) is 6. The first-order valence-corrected chi connectivity index (χ1v) is 21.0. The van der Waals surface area contributed by atoms with Crippen LogP contribution in [-0.4, -0.2) is 47.6 Å². The maximum absolute atomic E-state index is 12.2. The molecule has 0 saturated carbocycles. The van der Waals surface area contributed by atoms with E-state index in [-0.39, 0.29) is 25.6 Å². The second-order valence-corrected chi connectivity index (χ2v) is 14.4. The van der Waals surface area contributed by atoms with Gasteiger partial charge < -0.3 is 19.7 Å². The van der Waals surface area contributed by atoms with Gasteiger partial charge in [-0.15, -0.1) is 0 Å². The smallest absolute Gasteiger partial charge is 0.306 e. The summed E-state index contributed by atoms with van der Waals surface area (Å²) in [7, 11) is 0. The Bertz CT molecular complexity index is 989. The van der Waals surface area contributed by atoms with E-state index in [1.807, 2.05) is 36.5 Å². The molecule has 6 nitrogen and oxygen atoms in total. The molecule has 52 heavy (non-hydrogen) atoms. The number of carbonyl (C=O) groups is 2. The highest BCUT2D eigenvalue weighted by molar-refractivity contribution is 5.70. The number of unbranched alkanes of at least 4 members (excludes halogenated alkanes) is 14. The maximum Gasteiger partial charge on any atom is 0.306 e. The first-order chi connectivity index (χ1) is 25.4. The van der Waals surface area contributed by atoms with Crippen molar-refractivity contribution < 1.29 is 29.3 Å². The topological polar surface area (TPSA) is 93.1 Å². The van der Waals surface area contributed by atoms with E-state index in [0.717, 1.165) is 50.9 Å². The van der Waals surface area contributed by atoms with Crippen LogP contribution >= 0.6 is 0 Å². The van der Waals surface area contributed by atoms with Crippen LogP contribution in [0.3, 0.4) is 0 Å². The minimum Gasteiger partial charge on any atom is -0.462 e. The van der Waals surface area contributed by atoms with Crippen molar-refractivity contribution in [2.45, 2.75) is 187 Å². The number of esters is 2. The van der Waals surface area contributed by atoms with Gasteiger partial charge >= 0.3 is 11.9 Å². The van der Waals surface area contributed by atoms with Gasteiger partial charge in [0.15, 0.2) is 6.10 Å². The Balaban J connectivity index is 3.73. The molecule has 0 rings (SSSR count). The first kappa shape index (κ1) is 49.3. The second-order valence-electron chi connectivity index (χ2n) is 14.4. The normalized spacial score (nSPS) is 13.7. The van der Waals surface area contributed by atoms with E-state index >= 15 is 0 Å². The largest absolute Gasteiger partial charge is 0.462 e. The quantitative estimate of drug-likeness (QED) is 0.0289. The summed E-state index contributed by atoms with van der Waals surface area (Å²) in [5, 5.41) is 19.5. The SMILES string of the molecule is CC/C=C\C/C=C\CC(O)/C=C/C=C\C/C=C\C/C=C\CCC(=O)O[C@@H](CO)COC(=O)CCCCCCCCCCCCCCCCCC(C)C. The number of hydrogen-bond donors (Lipinski definition) is 2. The van der Waals surface area contributed by atoms with Crippen LogP contribution in [0, 0.1) is 5.92 Å². The summed E-state index contributed by atoms with van der Waals surface area (Å²) in [4.78, 5) is 24.3. The molecule has 0 aromatic rings. The third kappa shape index (κ3) is 38.5. The van der Waals surface area contributed by atoms with Crippen molar-refractivity contribution in [3.63, 3.8) is 0 Å². The molecule has 0 aliphatic carbocycles. The monoisotopic (exact) mass is 727 g/mol. The zero-order valence-corrected chi connectivity index (χ0v) is 33.6. The van der Waals surface area contributed by atoms with Crippen molar-refractivity contribution in [3.8, 4) is 0 Å². The minimum absolute atomic E-state index is 0.112. The number of aliphatic hydroxyl groups excluding tert-OH is 2. The highest BCUT2D eigenvalue weighted by Gasteiger charge is 2.15. The van der Waals surface area contributed by atoms with E-state index in [1.54, 1.807) is 6.08 Å². The second kappa shape index (κ2) is 39.5. The van der Waals surface area contributed by atoms with Gasteiger partial charge in [-0.2, -0.15) is 0 Å². The number of carbonyl (C=O) groups excluding carboxylic acids is 2. The van der Waals surface area contributed by atoms with E-state index < -0.39 is 18.2 Å². The fraction of sp³-hybridized carbons (Fsp3) is 0.696. The Morgan fingerprint density at radius 3 is 1.69 bits per heavy atom. The third-order valence-electron chi connectivity index (χ3n) is 8.79. The molecule has 0 aromatic heterocycles. The van der Waals surface area contributed by atoms with Crippen LogP contribution < -0.4 is 0 Å². The molecule has 0 aromatic carbocycles. The molecule has 0 spiro atoms. The number of aliphatic hydroxyl groups is 2. The summed E-state index contributed by atoms with van der Waals surface area (Å²) in [5.41, 5.74) is 0. The predicted octanol–water partition coefficient (Wildman–Crippen LogP) is 12.2. The molecule has 0 amide bonds. The molecule has 0 aliphatic heterocycles. The molecule has 6 heteroatoms. The van der Waals surface area contributed by atoms with Crippen LogP contribution in [0.4, 0.5) is 0 Å².